The molecule has 2 rings (SSSR count). The normalized spacial score (nSPS) is 16.9. The summed E-state index contributed by atoms with van der Waals surface area (Å²) in [7, 11) is 0. The Labute approximate surface area is 88.8 Å². The molecule has 0 aromatic carbocycles. The fourth-order valence-corrected chi connectivity index (χ4v) is 1.85. The van der Waals surface area contributed by atoms with Crippen LogP contribution in [0.2, 0.25) is 0 Å². The Kier molecular flexibility index (Phi) is 2.91. The van der Waals surface area contributed by atoms with Crippen molar-refractivity contribution in [3.63, 3.8) is 0 Å². The van der Waals surface area contributed by atoms with Crippen molar-refractivity contribution in [1.29, 1.82) is 0 Å². The van der Waals surface area contributed by atoms with Gasteiger partial charge in [0, 0.05) is 38.6 Å². The maximum atomic E-state index is 11.3. The van der Waals surface area contributed by atoms with E-state index in [1.54, 1.807) is 0 Å². The van der Waals surface area contributed by atoms with Gasteiger partial charge in [-0.1, -0.05) is 0 Å². The summed E-state index contributed by atoms with van der Waals surface area (Å²) in [6.45, 7) is 3.40. The number of rotatable bonds is 2. The number of nitrogens with zero attached hydrogens (tertiary/aromatic N) is 2. The lowest BCUT2D eigenvalue weighted by Gasteiger charge is -2.35. The molecule has 5 heteroatoms. The Morgan fingerprint density at radius 3 is 2.67 bits per heavy atom. The van der Waals surface area contributed by atoms with Crippen LogP contribution in [-0.4, -0.2) is 48.5 Å². The van der Waals surface area contributed by atoms with E-state index < -0.39 is 0 Å². The van der Waals surface area contributed by atoms with Crippen LogP contribution >= 0.6 is 0 Å². The minimum Gasteiger partial charge on any atom is -0.367 e. The van der Waals surface area contributed by atoms with E-state index in [1.165, 1.54) is 5.69 Å². The topological polar surface area (TPSA) is 65.4 Å². The number of aromatic amines is 1. The fraction of sp³-hybridized carbons (Fsp3) is 0.500. The molecule has 1 amide bonds. The number of carbonyl (C=O) groups excluding carboxylic acids is 1. The first-order valence-corrected chi connectivity index (χ1v) is 5.17. The Bertz CT molecular complexity index is 314. The predicted molar refractivity (Wildman–Crippen MR) is 58.6 cm³/mol. The van der Waals surface area contributed by atoms with E-state index in [2.05, 4.69) is 9.88 Å². The molecule has 1 aliphatic rings. The van der Waals surface area contributed by atoms with Gasteiger partial charge in [-0.05, 0) is 6.07 Å². The van der Waals surface area contributed by atoms with Crippen LogP contribution in [0.3, 0.4) is 0 Å². The lowest BCUT2D eigenvalue weighted by atomic mass is 10.3. The molecule has 1 fully saturated rings. The maximum absolute atomic E-state index is 11.3. The predicted octanol–water partition coefficient (Wildman–Crippen LogP) is -0.378. The number of hydrogen-bond acceptors (Lipinski definition) is 3. The van der Waals surface area contributed by atoms with Crippen LogP contribution < -0.4 is 10.6 Å². The molecule has 0 radical (unpaired) electrons. The van der Waals surface area contributed by atoms with Gasteiger partial charge in [-0.25, -0.2) is 0 Å². The van der Waals surface area contributed by atoms with Crippen molar-refractivity contribution in [2.75, 3.05) is 37.6 Å². The molecule has 82 valence electrons. The summed E-state index contributed by atoms with van der Waals surface area (Å²) < 4.78 is 0. The Hall–Kier alpha value is -1.49. The zero-order chi connectivity index (χ0) is 10.7. The molecule has 5 nitrogen and oxygen atoms in total. The second-order valence-electron chi connectivity index (χ2n) is 3.64. The zero-order valence-electron chi connectivity index (χ0n) is 8.65. The van der Waals surface area contributed by atoms with Gasteiger partial charge in [-0.2, -0.15) is 0 Å². The number of hydrogen-bond donors (Lipinski definition) is 2. The van der Waals surface area contributed by atoms with E-state index in [-0.39, 0.29) is 12.5 Å². The molecule has 0 bridgehead atoms. The number of anilines is 1. The number of amides is 1. The number of nitrogens with one attached hydrogen (secondary N) is 1. The van der Waals surface area contributed by atoms with Crippen molar-refractivity contribution in [2.24, 2.45) is 5.73 Å². The lowest BCUT2D eigenvalue weighted by Crippen LogP contribution is -2.50. The van der Waals surface area contributed by atoms with E-state index in [4.69, 9.17) is 5.73 Å². The summed E-state index contributed by atoms with van der Waals surface area (Å²) in [5.41, 5.74) is 6.51. The summed E-state index contributed by atoms with van der Waals surface area (Å²) in [6.07, 6.45) is 3.88. The number of H-pyrrole nitrogens is 1. The van der Waals surface area contributed by atoms with Gasteiger partial charge in [-0.15, -0.1) is 0 Å². The smallest absolute Gasteiger partial charge is 0.236 e. The Balaban J connectivity index is 1.90. The van der Waals surface area contributed by atoms with Crippen LogP contribution in [0.4, 0.5) is 5.69 Å². The quantitative estimate of drug-likeness (QED) is 0.696. The van der Waals surface area contributed by atoms with E-state index >= 15 is 0 Å². The highest BCUT2D eigenvalue weighted by atomic mass is 16.2. The Morgan fingerprint density at radius 1 is 1.40 bits per heavy atom. The van der Waals surface area contributed by atoms with E-state index in [0.717, 1.165) is 26.2 Å². The summed E-state index contributed by atoms with van der Waals surface area (Å²) in [5.74, 6) is 0.0451. The molecular formula is C10H16N4O. The van der Waals surface area contributed by atoms with Crippen LogP contribution in [0.5, 0.6) is 0 Å². The molecule has 0 saturated carbocycles. The summed E-state index contributed by atoms with van der Waals surface area (Å²) in [4.78, 5) is 18.4. The van der Waals surface area contributed by atoms with Crippen molar-refractivity contribution < 1.29 is 4.79 Å². The van der Waals surface area contributed by atoms with Crippen LogP contribution in [0.1, 0.15) is 0 Å². The van der Waals surface area contributed by atoms with Crippen LogP contribution in [0.15, 0.2) is 18.5 Å². The fourth-order valence-electron chi connectivity index (χ4n) is 1.85. The second kappa shape index (κ2) is 4.35. The molecule has 15 heavy (non-hydrogen) atoms. The van der Waals surface area contributed by atoms with Gasteiger partial charge in [0.25, 0.3) is 0 Å². The average Bonchev–Trinajstić information content (AvgIpc) is 2.82. The maximum Gasteiger partial charge on any atom is 0.236 e. The monoisotopic (exact) mass is 208 g/mol. The highest BCUT2D eigenvalue weighted by Gasteiger charge is 2.20. The summed E-state index contributed by atoms with van der Waals surface area (Å²) in [6, 6.07) is 2.04. The molecule has 1 saturated heterocycles. The van der Waals surface area contributed by atoms with Gasteiger partial charge in [0.1, 0.15) is 0 Å². The summed E-state index contributed by atoms with van der Waals surface area (Å²) in [5, 5.41) is 0. The van der Waals surface area contributed by atoms with Crippen LogP contribution in [0.25, 0.3) is 0 Å². The zero-order valence-corrected chi connectivity index (χ0v) is 8.65. The number of piperazine rings is 1. The molecule has 1 aromatic heterocycles. The minimum absolute atomic E-state index is 0.0451. The molecule has 1 aromatic rings. The molecule has 0 unspecified atom stereocenters. The van der Waals surface area contributed by atoms with Gasteiger partial charge in [-0.3, -0.25) is 4.79 Å². The van der Waals surface area contributed by atoms with Crippen molar-refractivity contribution in [3.05, 3.63) is 18.5 Å². The minimum atomic E-state index is 0.0451. The van der Waals surface area contributed by atoms with E-state index in [0.29, 0.717) is 0 Å². The van der Waals surface area contributed by atoms with E-state index in [9.17, 15) is 4.79 Å². The summed E-state index contributed by atoms with van der Waals surface area (Å²) >= 11 is 0. The van der Waals surface area contributed by atoms with Crippen molar-refractivity contribution in [1.82, 2.24) is 9.88 Å². The lowest BCUT2D eigenvalue weighted by molar-refractivity contribution is -0.129. The van der Waals surface area contributed by atoms with Crippen LogP contribution in [-0.2, 0) is 4.79 Å². The van der Waals surface area contributed by atoms with Crippen molar-refractivity contribution in [2.45, 2.75) is 0 Å². The van der Waals surface area contributed by atoms with Gasteiger partial charge >= 0.3 is 0 Å². The average molecular weight is 208 g/mol. The largest absolute Gasteiger partial charge is 0.367 e. The molecule has 2 heterocycles. The van der Waals surface area contributed by atoms with Gasteiger partial charge < -0.3 is 20.5 Å². The molecule has 0 spiro atoms. The molecule has 1 aliphatic heterocycles. The van der Waals surface area contributed by atoms with Crippen molar-refractivity contribution >= 4 is 11.6 Å². The molecule has 3 N–H and O–H groups in total. The first-order valence-electron chi connectivity index (χ1n) is 5.17. The van der Waals surface area contributed by atoms with Crippen molar-refractivity contribution in [3.8, 4) is 0 Å². The standard InChI is InChI=1S/C10H16N4O/c11-7-10(15)14-5-3-13(4-6-14)9-1-2-12-8-9/h1-2,8,12H,3-7,11H2. The van der Waals surface area contributed by atoms with E-state index in [1.807, 2.05) is 23.4 Å². The number of carbonyl (C=O) groups is 1. The third-order valence-corrected chi connectivity index (χ3v) is 2.75. The molecular weight excluding hydrogens is 192 g/mol. The molecule has 0 aliphatic carbocycles. The van der Waals surface area contributed by atoms with Crippen LogP contribution in [0, 0.1) is 0 Å². The van der Waals surface area contributed by atoms with Gasteiger partial charge in [0.15, 0.2) is 0 Å². The third kappa shape index (κ3) is 2.12. The number of nitrogens with two attached hydrogens (primary N) is 1. The first-order chi connectivity index (χ1) is 7.31. The van der Waals surface area contributed by atoms with Gasteiger partial charge in [0.05, 0.1) is 12.2 Å². The first kappa shape index (κ1) is 10.0. The van der Waals surface area contributed by atoms with Gasteiger partial charge in [0.2, 0.25) is 5.91 Å². The second-order valence-corrected chi connectivity index (χ2v) is 3.64. The third-order valence-electron chi connectivity index (χ3n) is 2.75. The Morgan fingerprint density at radius 2 is 2.13 bits per heavy atom. The highest BCUT2D eigenvalue weighted by molar-refractivity contribution is 5.78. The SMILES string of the molecule is NCC(=O)N1CCN(c2cc[nH]c2)CC1. The number of aromatic nitrogens is 1. The highest BCUT2D eigenvalue weighted by Crippen LogP contribution is 2.14. The molecule has 0 atom stereocenters.